The predicted molar refractivity (Wildman–Crippen MR) is 79.5 cm³/mol. The average Bonchev–Trinajstić information content (AvgIpc) is 2.53. The number of carbonyl (C=O) groups is 2. The second kappa shape index (κ2) is 7.22. The van der Waals surface area contributed by atoms with Gasteiger partial charge < -0.3 is 5.32 Å². The molecule has 0 spiro atoms. The minimum absolute atomic E-state index is 0.0128. The Morgan fingerprint density at radius 2 is 1.80 bits per heavy atom. The molecule has 0 radical (unpaired) electrons. The molecule has 0 saturated heterocycles. The van der Waals surface area contributed by atoms with Crippen molar-refractivity contribution in [2.45, 2.75) is 39.0 Å². The number of hydrogen-bond acceptors (Lipinski definition) is 2. The number of hydrogen-bond donors (Lipinski definition) is 1. The van der Waals surface area contributed by atoms with Crippen LogP contribution in [0, 0.1) is 11.8 Å². The van der Waals surface area contributed by atoms with E-state index in [1.165, 1.54) is 19.3 Å². The Kier molecular flexibility index (Phi) is 5.33. The quantitative estimate of drug-likeness (QED) is 0.837. The molecule has 1 aromatic rings. The highest BCUT2D eigenvalue weighted by atomic mass is 16.2. The molecule has 1 aliphatic rings. The molecular weight excluding hydrogens is 250 g/mol. The first kappa shape index (κ1) is 14.8. The fourth-order valence-corrected chi connectivity index (χ4v) is 2.90. The zero-order chi connectivity index (χ0) is 14.4. The molecule has 1 saturated carbocycles. The number of carbonyl (C=O) groups excluding carboxylic acids is 2. The summed E-state index contributed by atoms with van der Waals surface area (Å²) in [6.07, 6.45) is 6.02. The maximum absolute atomic E-state index is 12.1. The standard InChI is InChI=1S/C17H23NO2/c1-13(14-8-4-2-5-9-14)17(20)18-12-16(19)15-10-6-3-7-11-15/h3,6-7,10-11,13-14H,2,4-5,8-9,12H2,1H3,(H,18,20). The van der Waals surface area contributed by atoms with Gasteiger partial charge >= 0.3 is 0 Å². The number of nitrogens with one attached hydrogen (secondary N) is 1. The smallest absolute Gasteiger partial charge is 0.223 e. The Bertz CT molecular complexity index is 449. The van der Waals surface area contributed by atoms with E-state index >= 15 is 0 Å². The number of amides is 1. The Hall–Kier alpha value is -1.64. The van der Waals surface area contributed by atoms with Crippen molar-refractivity contribution < 1.29 is 9.59 Å². The Labute approximate surface area is 120 Å². The lowest BCUT2D eigenvalue weighted by atomic mass is 9.80. The molecule has 1 aromatic carbocycles. The molecule has 20 heavy (non-hydrogen) atoms. The SMILES string of the molecule is CC(C(=O)NCC(=O)c1ccccc1)C1CCCCC1. The molecule has 0 aliphatic heterocycles. The largest absolute Gasteiger partial charge is 0.348 e. The van der Waals surface area contributed by atoms with Crippen LogP contribution < -0.4 is 5.32 Å². The third-order valence-electron chi connectivity index (χ3n) is 4.29. The maximum atomic E-state index is 12.1. The summed E-state index contributed by atoms with van der Waals surface area (Å²) < 4.78 is 0. The van der Waals surface area contributed by atoms with Crippen LogP contribution in [-0.2, 0) is 4.79 Å². The van der Waals surface area contributed by atoms with Crippen LogP contribution in [0.4, 0.5) is 0 Å². The minimum Gasteiger partial charge on any atom is -0.348 e. The predicted octanol–water partition coefficient (Wildman–Crippen LogP) is 3.20. The summed E-state index contributed by atoms with van der Waals surface area (Å²) >= 11 is 0. The molecule has 1 unspecified atom stereocenters. The van der Waals surface area contributed by atoms with Gasteiger partial charge in [-0.05, 0) is 18.8 Å². The molecule has 3 nitrogen and oxygen atoms in total. The lowest BCUT2D eigenvalue weighted by molar-refractivity contribution is -0.126. The molecule has 1 N–H and O–H groups in total. The van der Waals surface area contributed by atoms with E-state index in [1.807, 2.05) is 25.1 Å². The van der Waals surface area contributed by atoms with Gasteiger partial charge in [0.1, 0.15) is 0 Å². The van der Waals surface area contributed by atoms with Crippen molar-refractivity contribution in [2.75, 3.05) is 6.54 Å². The first-order valence-electron chi connectivity index (χ1n) is 7.54. The van der Waals surface area contributed by atoms with Crippen LogP contribution >= 0.6 is 0 Å². The number of Topliss-reactive ketones (excluding diaryl/α,β-unsaturated/α-hetero) is 1. The normalized spacial score (nSPS) is 17.4. The molecule has 0 heterocycles. The first-order valence-corrected chi connectivity index (χ1v) is 7.54. The topological polar surface area (TPSA) is 46.2 Å². The maximum Gasteiger partial charge on any atom is 0.223 e. The third kappa shape index (κ3) is 3.92. The van der Waals surface area contributed by atoms with Crippen LogP contribution in [0.3, 0.4) is 0 Å². The monoisotopic (exact) mass is 273 g/mol. The molecule has 3 heteroatoms. The van der Waals surface area contributed by atoms with E-state index in [0.717, 1.165) is 12.8 Å². The van der Waals surface area contributed by atoms with Gasteiger partial charge in [-0.1, -0.05) is 56.5 Å². The Morgan fingerprint density at radius 3 is 2.45 bits per heavy atom. The van der Waals surface area contributed by atoms with Crippen molar-refractivity contribution in [1.29, 1.82) is 0 Å². The fourth-order valence-electron chi connectivity index (χ4n) is 2.90. The first-order chi connectivity index (χ1) is 9.68. The molecule has 108 valence electrons. The van der Waals surface area contributed by atoms with Crippen LogP contribution in [0.1, 0.15) is 49.4 Å². The molecule has 1 fully saturated rings. The van der Waals surface area contributed by atoms with E-state index in [-0.39, 0.29) is 24.2 Å². The van der Waals surface area contributed by atoms with Crippen LogP contribution in [0.5, 0.6) is 0 Å². The van der Waals surface area contributed by atoms with Crippen molar-refractivity contribution >= 4 is 11.7 Å². The molecule has 0 bridgehead atoms. The average molecular weight is 273 g/mol. The zero-order valence-electron chi connectivity index (χ0n) is 12.1. The lowest BCUT2D eigenvalue weighted by Gasteiger charge is -2.26. The van der Waals surface area contributed by atoms with Crippen molar-refractivity contribution in [1.82, 2.24) is 5.32 Å². The highest BCUT2D eigenvalue weighted by molar-refractivity contribution is 5.99. The van der Waals surface area contributed by atoms with Gasteiger partial charge in [-0.25, -0.2) is 0 Å². The summed E-state index contributed by atoms with van der Waals surface area (Å²) in [5.74, 6) is 0.477. The summed E-state index contributed by atoms with van der Waals surface area (Å²) in [5, 5.41) is 2.79. The fraction of sp³-hybridized carbons (Fsp3) is 0.529. The van der Waals surface area contributed by atoms with Crippen LogP contribution in [0.15, 0.2) is 30.3 Å². The minimum atomic E-state index is -0.0326. The van der Waals surface area contributed by atoms with Gasteiger partial charge in [0.05, 0.1) is 6.54 Å². The van der Waals surface area contributed by atoms with Gasteiger partial charge in [-0.15, -0.1) is 0 Å². The highest BCUT2D eigenvalue weighted by Gasteiger charge is 2.25. The second-order valence-electron chi connectivity index (χ2n) is 5.69. The van der Waals surface area contributed by atoms with E-state index in [1.54, 1.807) is 12.1 Å². The van der Waals surface area contributed by atoms with Gasteiger partial charge in [-0.2, -0.15) is 0 Å². The van der Waals surface area contributed by atoms with Crippen molar-refractivity contribution in [3.05, 3.63) is 35.9 Å². The molecular formula is C17H23NO2. The van der Waals surface area contributed by atoms with Crippen LogP contribution in [0.2, 0.25) is 0 Å². The summed E-state index contributed by atoms with van der Waals surface area (Å²) in [6, 6.07) is 9.10. The van der Waals surface area contributed by atoms with Gasteiger partial charge in [0, 0.05) is 11.5 Å². The van der Waals surface area contributed by atoms with Gasteiger partial charge in [-0.3, -0.25) is 9.59 Å². The lowest BCUT2D eigenvalue weighted by Crippen LogP contribution is -2.37. The molecule has 0 aromatic heterocycles. The third-order valence-corrected chi connectivity index (χ3v) is 4.29. The van der Waals surface area contributed by atoms with E-state index in [9.17, 15) is 9.59 Å². The molecule has 1 atom stereocenters. The summed E-state index contributed by atoms with van der Waals surface area (Å²) in [6.45, 7) is 2.08. The van der Waals surface area contributed by atoms with E-state index < -0.39 is 0 Å². The van der Waals surface area contributed by atoms with Gasteiger partial charge in [0.25, 0.3) is 0 Å². The molecule has 1 amide bonds. The van der Waals surface area contributed by atoms with Gasteiger partial charge in [0.15, 0.2) is 5.78 Å². The van der Waals surface area contributed by atoms with Crippen molar-refractivity contribution in [2.24, 2.45) is 11.8 Å². The van der Waals surface area contributed by atoms with Crippen molar-refractivity contribution in [3.8, 4) is 0 Å². The zero-order valence-corrected chi connectivity index (χ0v) is 12.1. The van der Waals surface area contributed by atoms with Crippen molar-refractivity contribution in [3.63, 3.8) is 0 Å². The van der Waals surface area contributed by atoms with Gasteiger partial charge in [0.2, 0.25) is 5.91 Å². The number of rotatable bonds is 5. The molecule has 1 aliphatic carbocycles. The Morgan fingerprint density at radius 1 is 1.15 bits per heavy atom. The summed E-state index contributed by atoms with van der Waals surface area (Å²) in [7, 11) is 0. The highest BCUT2D eigenvalue weighted by Crippen LogP contribution is 2.29. The Balaban J connectivity index is 1.81. The van der Waals surface area contributed by atoms with E-state index in [0.29, 0.717) is 11.5 Å². The van der Waals surface area contributed by atoms with Crippen LogP contribution in [0.25, 0.3) is 0 Å². The van der Waals surface area contributed by atoms with E-state index in [2.05, 4.69) is 5.32 Å². The van der Waals surface area contributed by atoms with Crippen LogP contribution in [-0.4, -0.2) is 18.2 Å². The summed E-state index contributed by atoms with van der Waals surface area (Å²) in [5.41, 5.74) is 0.651. The molecule has 2 rings (SSSR count). The summed E-state index contributed by atoms with van der Waals surface area (Å²) in [4.78, 5) is 24.0. The van der Waals surface area contributed by atoms with E-state index in [4.69, 9.17) is 0 Å². The number of benzene rings is 1. The second-order valence-corrected chi connectivity index (χ2v) is 5.69. The number of ketones is 1.